The van der Waals surface area contributed by atoms with E-state index in [0.29, 0.717) is 11.7 Å². The summed E-state index contributed by atoms with van der Waals surface area (Å²) in [6.45, 7) is 1.87. The van der Waals surface area contributed by atoms with E-state index >= 15 is 0 Å². The highest BCUT2D eigenvalue weighted by atomic mass is 16.5. The van der Waals surface area contributed by atoms with Crippen molar-refractivity contribution in [2.24, 2.45) is 0 Å². The summed E-state index contributed by atoms with van der Waals surface area (Å²) >= 11 is 0. The van der Waals surface area contributed by atoms with E-state index in [4.69, 9.17) is 14.4 Å². The van der Waals surface area contributed by atoms with Gasteiger partial charge in [0.2, 0.25) is 5.89 Å². The van der Waals surface area contributed by atoms with Crippen LogP contribution in [0.25, 0.3) is 0 Å². The van der Waals surface area contributed by atoms with Gasteiger partial charge < -0.3 is 25.0 Å². The Kier molecular flexibility index (Phi) is 5.73. The molecule has 19 heavy (non-hydrogen) atoms. The number of ether oxygens (including phenoxy) is 1. The average molecular weight is 272 g/mol. The van der Waals surface area contributed by atoms with E-state index in [1.54, 1.807) is 6.92 Å². The quantitative estimate of drug-likeness (QED) is 0.620. The SMILES string of the molecule is COC(CNC(=O)NCc1noc(C)n1)CC(=O)O. The smallest absolute Gasteiger partial charge is 0.315 e. The Morgan fingerprint density at radius 1 is 1.47 bits per heavy atom. The van der Waals surface area contributed by atoms with E-state index in [-0.39, 0.29) is 19.5 Å². The van der Waals surface area contributed by atoms with E-state index in [1.165, 1.54) is 7.11 Å². The lowest BCUT2D eigenvalue weighted by Crippen LogP contribution is -2.40. The van der Waals surface area contributed by atoms with Gasteiger partial charge in [0.15, 0.2) is 5.82 Å². The van der Waals surface area contributed by atoms with Crippen molar-refractivity contribution in [3.8, 4) is 0 Å². The monoisotopic (exact) mass is 272 g/mol. The van der Waals surface area contributed by atoms with Gasteiger partial charge in [-0.25, -0.2) is 4.79 Å². The normalized spacial score (nSPS) is 11.9. The third-order valence-corrected chi connectivity index (χ3v) is 2.20. The molecule has 106 valence electrons. The summed E-state index contributed by atoms with van der Waals surface area (Å²) in [4.78, 5) is 25.8. The van der Waals surface area contributed by atoms with Crippen LogP contribution in [0.15, 0.2) is 4.52 Å². The van der Waals surface area contributed by atoms with Crippen molar-refractivity contribution in [3.05, 3.63) is 11.7 Å². The lowest BCUT2D eigenvalue weighted by Gasteiger charge is -2.13. The number of carboxylic acid groups (broad SMARTS) is 1. The van der Waals surface area contributed by atoms with Gasteiger partial charge in [0.25, 0.3) is 0 Å². The summed E-state index contributed by atoms with van der Waals surface area (Å²) in [5.74, 6) is -0.212. The standard InChI is InChI=1S/C10H16N4O5/c1-6-13-8(14-19-6)5-12-10(17)11-4-7(18-2)3-9(15)16/h7H,3-5H2,1-2H3,(H,15,16)(H2,11,12,17). The number of amides is 2. The van der Waals surface area contributed by atoms with E-state index in [9.17, 15) is 9.59 Å². The second-order valence-corrected chi connectivity index (χ2v) is 3.75. The molecule has 0 aliphatic rings. The summed E-state index contributed by atoms with van der Waals surface area (Å²) in [7, 11) is 1.38. The molecule has 1 rings (SSSR count). The third kappa shape index (κ3) is 5.82. The van der Waals surface area contributed by atoms with E-state index in [2.05, 4.69) is 20.8 Å². The van der Waals surface area contributed by atoms with Crippen LogP contribution in [-0.2, 0) is 16.1 Å². The van der Waals surface area contributed by atoms with Crippen molar-refractivity contribution < 1.29 is 24.0 Å². The van der Waals surface area contributed by atoms with Crippen LogP contribution in [0.1, 0.15) is 18.1 Å². The molecular weight excluding hydrogens is 256 g/mol. The minimum atomic E-state index is -0.990. The Morgan fingerprint density at radius 3 is 2.74 bits per heavy atom. The van der Waals surface area contributed by atoms with Crippen LogP contribution < -0.4 is 10.6 Å². The molecule has 1 aromatic heterocycles. The van der Waals surface area contributed by atoms with Gasteiger partial charge in [-0.05, 0) is 0 Å². The predicted molar refractivity (Wildman–Crippen MR) is 62.3 cm³/mol. The summed E-state index contributed by atoms with van der Waals surface area (Å²) in [6, 6.07) is -0.463. The van der Waals surface area contributed by atoms with Gasteiger partial charge in [-0.1, -0.05) is 5.16 Å². The molecule has 0 bridgehead atoms. The van der Waals surface area contributed by atoms with Crippen LogP contribution in [0.2, 0.25) is 0 Å². The number of rotatable bonds is 7. The van der Waals surface area contributed by atoms with Gasteiger partial charge >= 0.3 is 12.0 Å². The molecule has 9 heteroatoms. The number of carbonyl (C=O) groups is 2. The van der Waals surface area contributed by atoms with Crippen molar-refractivity contribution in [2.45, 2.75) is 26.0 Å². The summed E-state index contributed by atoms with van der Waals surface area (Å²) in [6.07, 6.45) is -0.753. The topological polar surface area (TPSA) is 127 Å². The molecule has 3 N–H and O–H groups in total. The lowest BCUT2D eigenvalue weighted by atomic mass is 10.2. The van der Waals surface area contributed by atoms with Gasteiger partial charge in [-0.2, -0.15) is 4.98 Å². The van der Waals surface area contributed by atoms with Crippen LogP contribution in [-0.4, -0.2) is 47.0 Å². The van der Waals surface area contributed by atoms with Gasteiger partial charge in [0, 0.05) is 20.6 Å². The van der Waals surface area contributed by atoms with Crippen molar-refractivity contribution in [1.29, 1.82) is 0 Å². The first-order chi connectivity index (χ1) is 9.01. The first-order valence-electron chi connectivity index (χ1n) is 5.56. The maximum Gasteiger partial charge on any atom is 0.315 e. The van der Waals surface area contributed by atoms with Crippen molar-refractivity contribution >= 4 is 12.0 Å². The molecule has 1 heterocycles. The number of carbonyl (C=O) groups excluding carboxylic acids is 1. The minimum absolute atomic E-state index is 0.0971. The molecule has 0 fully saturated rings. The molecule has 0 saturated carbocycles. The first kappa shape index (κ1) is 14.9. The summed E-state index contributed by atoms with van der Waals surface area (Å²) in [5.41, 5.74) is 0. The molecule has 9 nitrogen and oxygen atoms in total. The highest BCUT2D eigenvalue weighted by Crippen LogP contribution is 1.96. The first-order valence-corrected chi connectivity index (χ1v) is 5.56. The second-order valence-electron chi connectivity index (χ2n) is 3.75. The van der Waals surface area contributed by atoms with Gasteiger partial charge in [-0.3, -0.25) is 4.79 Å². The molecule has 2 amide bonds. The number of carboxylic acids is 1. The van der Waals surface area contributed by atoms with Crippen LogP contribution in [0.5, 0.6) is 0 Å². The predicted octanol–water partition coefficient (Wildman–Crippen LogP) is -0.333. The Morgan fingerprint density at radius 2 is 2.21 bits per heavy atom. The molecular formula is C10H16N4O5. The number of aromatic nitrogens is 2. The number of nitrogens with one attached hydrogen (secondary N) is 2. The van der Waals surface area contributed by atoms with Crippen molar-refractivity contribution in [2.75, 3.05) is 13.7 Å². The Bertz CT molecular complexity index is 433. The van der Waals surface area contributed by atoms with Crippen LogP contribution in [0, 0.1) is 6.92 Å². The van der Waals surface area contributed by atoms with Crippen molar-refractivity contribution in [1.82, 2.24) is 20.8 Å². The molecule has 0 radical (unpaired) electrons. The second kappa shape index (κ2) is 7.31. The highest BCUT2D eigenvalue weighted by molar-refractivity contribution is 5.74. The number of methoxy groups -OCH3 is 1. The Balaban J connectivity index is 2.25. The van der Waals surface area contributed by atoms with Crippen LogP contribution in [0.3, 0.4) is 0 Å². The maximum absolute atomic E-state index is 11.4. The van der Waals surface area contributed by atoms with E-state index < -0.39 is 18.1 Å². The number of hydrogen-bond donors (Lipinski definition) is 3. The Labute approximate surface area is 109 Å². The number of aryl methyl sites for hydroxylation is 1. The molecule has 0 spiro atoms. The molecule has 1 unspecified atom stereocenters. The van der Waals surface area contributed by atoms with Crippen LogP contribution >= 0.6 is 0 Å². The largest absolute Gasteiger partial charge is 0.481 e. The average Bonchev–Trinajstić information content (AvgIpc) is 2.77. The van der Waals surface area contributed by atoms with Crippen molar-refractivity contribution in [3.63, 3.8) is 0 Å². The highest BCUT2D eigenvalue weighted by Gasteiger charge is 2.13. The molecule has 1 atom stereocenters. The number of nitrogens with zero attached hydrogens (tertiary/aromatic N) is 2. The third-order valence-electron chi connectivity index (χ3n) is 2.20. The van der Waals surface area contributed by atoms with Crippen LogP contribution in [0.4, 0.5) is 4.79 Å². The Hall–Kier alpha value is -2.16. The molecule has 1 aromatic rings. The molecule has 0 saturated heterocycles. The van der Waals surface area contributed by atoms with E-state index in [0.717, 1.165) is 0 Å². The number of urea groups is 1. The zero-order valence-corrected chi connectivity index (χ0v) is 10.7. The fourth-order valence-corrected chi connectivity index (χ4v) is 1.28. The zero-order valence-electron chi connectivity index (χ0n) is 10.7. The lowest BCUT2D eigenvalue weighted by molar-refractivity contribution is -0.139. The fourth-order valence-electron chi connectivity index (χ4n) is 1.28. The summed E-state index contributed by atoms with van der Waals surface area (Å²) < 4.78 is 9.65. The fraction of sp³-hybridized carbons (Fsp3) is 0.600. The number of aliphatic carboxylic acids is 1. The minimum Gasteiger partial charge on any atom is -0.481 e. The van der Waals surface area contributed by atoms with Gasteiger partial charge in [0.1, 0.15) is 0 Å². The molecule has 0 aromatic carbocycles. The molecule has 0 aliphatic carbocycles. The summed E-state index contributed by atoms with van der Waals surface area (Å²) in [5, 5.41) is 17.2. The van der Waals surface area contributed by atoms with Gasteiger partial charge in [0.05, 0.1) is 19.1 Å². The zero-order chi connectivity index (χ0) is 14.3. The van der Waals surface area contributed by atoms with E-state index in [1.807, 2.05) is 0 Å². The molecule has 0 aliphatic heterocycles. The van der Waals surface area contributed by atoms with Gasteiger partial charge in [-0.15, -0.1) is 0 Å². The number of hydrogen-bond acceptors (Lipinski definition) is 6. The maximum atomic E-state index is 11.4.